The number of sulfonamides is 1. The van der Waals surface area contributed by atoms with E-state index in [2.05, 4.69) is 15.9 Å². The fraction of sp³-hybridized carbons (Fsp3) is 0.417. The molecule has 1 aliphatic rings. The Kier molecular flexibility index (Phi) is 4.66. The topological polar surface area (TPSA) is 54.5 Å². The number of halogens is 2. The van der Waals surface area contributed by atoms with E-state index in [4.69, 9.17) is 11.6 Å². The second kappa shape index (κ2) is 5.91. The molecule has 0 aromatic heterocycles. The number of rotatable bonds is 3. The number of hydrogen-bond acceptors (Lipinski definition) is 3. The first-order chi connectivity index (χ1) is 8.95. The first kappa shape index (κ1) is 15.0. The third kappa shape index (κ3) is 3.18. The molecule has 19 heavy (non-hydrogen) atoms. The highest BCUT2D eigenvalue weighted by atomic mass is 79.9. The first-order valence-corrected chi connectivity index (χ1v) is 8.47. The van der Waals surface area contributed by atoms with Crippen LogP contribution in [0.2, 0.25) is 5.02 Å². The van der Waals surface area contributed by atoms with Crippen LogP contribution in [-0.2, 0) is 14.8 Å². The molecule has 1 saturated heterocycles. The summed E-state index contributed by atoms with van der Waals surface area (Å²) in [4.78, 5) is 10.9. The van der Waals surface area contributed by atoms with Gasteiger partial charge in [0.2, 0.25) is 10.0 Å². The second-order valence-electron chi connectivity index (χ2n) is 4.45. The Labute approximate surface area is 125 Å². The van der Waals surface area contributed by atoms with Crippen LogP contribution >= 0.6 is 27.5 Å². The van der Waals surface area contributed by atoms with Gasteiger partial charge in [-0.05, 0) is 47.0 Å². The van der Waals surface area contributed by atoms with Crippen LogP contribution in [0.15, 0.2) is 27.6 Å². The van der Waals surface area contributed by atoms with Gasteiger partial charge >= 0.3 is 0 Å². The van der Waals surface area contributed by atoms with E-state index in [1.807, 2.05) is 0 Å². The van der Waals surface area contributed by atoms with Gasteiger partial charge < -0.3 is 4.79 Å². The van der Waals surface area contributed by atoms with Crippen LogP contribution in [0, 0.1) is 5.92 Å². The number of hydrogen-bond donors (Lipinski definition) is 0. The first-order valence-electron chi connectivity index (χ1n) is 5.85. The molecular formula is C12H13BrClNO3S. The minimum Gasteiger partial charge on any atom is -0.303 e. The summed E-state index contributed by atoms with van der Waals surface area (Å²) in [5, 5.41) is 0.471. The van der Waals surface area contributed by atoms with Gasteiger partial charge in [-0.15, -0.1) is 0 Å². The van der Waals surface area contributed by atoms with Gasteiger partial charge in [0, 0.05) is 23.5 Å². The smallest absolute Gasteiger partial charge is 0.243 e. The quantitative estimate of drug-likeness (QED) is 0.773. The second-order valence-corrected chi connectivity index (χ2v) is 7.65. The van der Waals surface area contributed by atoms with Gasteiger partial charge in [-0.1, -0.05) is 11.6 Å². The molecule has 1 heterocycles. The summed E-state index contributed by atoms with van der Waals surface area (Å²) in [6.07, 6.45) is 2.07. The maximum absolute atomic E-state index is 12.4. The van der Waals surface area contributed by atoms with Crippen molar-refractivity contribution >= 4 is 43.8 Å². The van der Waals surface area contributed by atoms with E-state index in [9.17, 15) is 13.2 Å². The molecule has 2 rings (SSSR count). The van der Waals surface area contributed by atoms with Crippen molar-refractivity contribution in [2.75, 3.05) is 13.1 Å². The van der Waals surface area contributed by atoms with Crippen molar-refractivity contribution in [3.05, 3.63) is 27.7 Å². The lowest BCUT2D eigenvalue weighted by molar-refractivity contribution is -0.112. The molecule has 4 nitrogen and oxygen atoms in total. The Hall–Kier alpha value is -0.430. The zero-order chi connectivity index (χ0) is 14.0. The lowest BCUT2D eigenvalue weighted by Gasteiger charge is -2.28. The van der Waals surface area contributed by atoms with E-state index >= 15 is 0 Å². The molecular weight excluding hydrogens is 354 g/mol. The highest BCUT2D eigenvalue weighted by Gasteiger charge is 2.29. The van der Waals surface area contributed by atoms with Gasteiger partial charge in [-0.2, -0.15) is 4.31 Å². The summed E-state index contributed by atoms with van der Waals surface area (Å²) in [6, 6.07) is 4.55. The third-order valence-electron chi connectivity index (χ3n) is 3.22. The third-order valence-corrected chi connectivity index (χ3v) is 6.33. The standard InChI is InChI=1S/C12H13BrClNO3S/c13-11-7-10(1-2-12(11)14)19(17,18)15-5-3-9(8-16)4-6-15/h1-2,7-9H,3-6H2. The molecule has 1 aromatic rings. The van der Waals surface area contributed by atoms with Gasteiger partial charge in [0.25, 0.3) is 0 Å². The predicted octanol–water partition coefficient (Wildman–Crippen LogP) is 2.70. The number of piperidine rings is 1. The number of carbonyl (C=O) groups excluding carboxylic acids is 1. The Morgan fingerprint density at radius 2 is 1.95 bits per heavy atom. The van der Waals surface area contributed by atoms with Crippen LogP contribution in [0.4, 0.5) is 0 Å². The van der Waals surface area contributed by atoms with Gasteiger partial charge in [-0.3, -0.25) is 0 Å². The maximum atomic E-state index is 12.4. The van der Waals surface area contributed by atoms with Gasteiger partial charge in [0.15, 0.2) is 0 Å². The highest BCUT2D eigenvalue weighted by Crippen LogP contribution is 2.28. The number of nitrogens with zero attached hydrogens (tertiary/aromatic N) is 1. The average molecular weight is 367 g/mol. The van der Waals surface area contributed by atoms with Crippen molar-refractivity contribution in [2.24, 2.45) is 5.92 Å². The van der Waals surface area contributed by atoms with Crippen LogP contribution in [-0.4, -0.2) is 32.1 Å². The molecule has 7 heteroatoms. The van der Waals surface area contributed by atoms with Gasteiger partial charge in [0.05, 0.1) is 9.92 Å². The molecule has 0 radical (unpaired) electrons. The summed E-state index contributed by atoms with van der Waals surface area (Å²) in [7, 11) is -3.50. The van der Waals surface area contributed by atoms with E-state index in [-0.39, 0.29) is 10.8 Å². The van der Waals surface area contributed by atoms with Crippen molar-refractivity contribution in [3.8, 4) is 0 Å². The summed E-state index contributed by atoms with van der Waals surface area (Å²) in [5.74, 6) is -0.0246. The highest BCUT2D eigenvalue weighted by molar-refractivity contribution is 9.10. The van der Waals surface area contributed by atoms with E-state index in [1.165, 1.54) is 16.4 Å². The number of benzene rings is 1. The molecule has 0 unspecified atom stereocenters. The Morgan fingerprint density at radius 1 is 1.32 bits per heavy atom. The SMILES string of the molecule is O=CC1CCN(S(=O)(=O)c2ccc(Cl)c(Br)c2)CC1. The maximum Gasteiger partial charge on any atom is 0.243 e. The Balaban J connectivity index is 2.23. The lowest BCUT2D eigenvalue weighted by atomic mass is 10.0. The predicted molar refractivity (Wildman–Crippen MR) is 76.7 cm³/mol. The summed E-state index contributed by atoms with van der Waals surface area (Å²) in [6.45, 7) is 0.762. The molecule has 0 atom stereocenters. The van der Waals surface area contributed by atoms with Crippen LogP contribution in [0.25, 0.3) is 0 Å². The average Bonchev–Trinajstić information content (AvgIpc) is 2.41. The molecule has 0 saturated carbocycles. The molecule has 1 aromatic carbocycles. The van der Waals surface area contributed by atoms with E-state index in [0.29, 0.717) is 35.4 Å². The molecule has 0 amide bonds. The molecule has 0 N–H and O–H groups in total. The Bertz CT molecular complexity index is 583. The minimum absolute atomic E-state index is 0.0246. The molecule has 1 aliphatic heterocycles. The van der Waals surface area contributed by atoms with Crippen molar-refractivity contribution in [2.45, 2.75) is 17.7 Å². The fourth-order valence-corrected chi connectivity index (χ4v) is 4.18. The fourth-order valence-electron chi connectivity index (χ4n) is 2.04. The summed E-state index contributed by atoms with van der Waals surface area (Å²) < 4.78 is 26.8. The molecule has 0 aliphatic carbocycles. The molecule has 0 spiro atoms. The van der Waals surface area contributed by atoms with Crippen LogP contribution in [0.1, 0.15) is 12.8 Å². The summed E-state index contributed by atoms with van der Waals surface area (Å²) >= 11 is 9.08. The molecule has 1 fully saturated rings. The monoisotopic (exact) mass is 365 g/mol. The van der Waals surface area contributed by atoms with E-state index in [1.54, 1.807) is 6.07 Å². The normalized spacial score (nSPS) is 18.4. The van der Waals surface area contributed by atoms with Crippen LogP contribution in [0.5, 0.6) is 0 Å². The van der Waals surface area contributed by atoms with Crippen molar-refractivity contribution in [1.82, 2.24) is 4.31 Å². The van der Waals surface area contributed by atoms with Crippen molar-refractivity contribution in [3.63, 3.8) is 0 Å². The number of aldehydes is 1. The van der Waals surface area contributed by atoms with Crippen molar-refractivity contribution in [1.29, 1.82) is 0 Å². The van der Waals surface area contributed by atoms with E-state index < -0.39 is 10.0 Å². The van der Waals surface area contributed by atoms with Gasteiger partial charge in [0.1, 0.15) is 6.29 Å². The zero-order valence-corrected chi connectivity index (χ0v) is 13.2. The zero-order valence-electron chi connectivity index (χ0n) is 10.1. The molecule has 0 bridgehead atoms. The van der Waals surface area contributed by atoms with E-state index in [0.717, 1.165) is 6.29 Å². The summed E-state index contributed by atoms with van der Waals surface area (Å²) in [5.41, 5.74) is 0. The number of carbonyl (C=O) groups is 1. The van der Waals surface area contributed by atoms with Crippen LogP contribution in [0.3, 0.4) is 0 Å². The largest absolute Gasteiger partial charge is 0.303 e. The van der Waals surface area contributed by atoms with Gasteiger partial charge in [-0.25, -0.2) is 8.42 Å². The minimum atomic E-state index is -3.50. The Morgan fingerprint density at radius 3 is 2.47 bits per heavy atom. The molecule has 104 valence electrons. The van der Waals surface area contributed by atoms with Crippen molar-refractivity contribution < 1.29 is 13.2 Å². The van der Waals surface area contributed by atoms with Crippen LogP contribution < -0.4 is 0 Å². The lowest BCUT2D eigenvalue weighted by Crippen LogP contribution is -2.38.